The van der Waals surface area contributed by atoms with E-state index in [9.17, 15) is 14.9 Å². The first-order valence-electron chi connectivity index (χ1n) is 9.20. The van der Waals surface area contributed by atoms with Gasteiger partial charge in [-0.3, -0.25) is 14.9 Å². The van der Waals surface area contributed by atoms with Gasteiger partial charge in [-0.15, -0.1) is 0 Å². The minimum atomic E-state index is -0.344. The summed E-state index contributed by atoms with van der Waals surface area (Å²) in [5.41, 5.74) is 0.202. The zero-order valence-corrected chi connectivity index (χ0v) is 15.0. The van der Waals surface area contributed by atoms with E-state index in [1.165, 1.54) is 38.5 Å². The molecule has 4 heteroatoms. The second-order valence-corrected chi connectivity index (χ2v) is 5.93. The molecule has 0 aromatic carbocycles. The van der Waals surface area contributed by atoms with Crippen molar-refractivity contribution >= 4 is 6.29 Å². The quantitative estimate of drug-likeness (QED) is 0.149. The topological polar surface area (TPSA) is 60.2 Å². The lowest BCUT2D eigenvalue weighted by Crippen LogP contribution is -1.97. The highest BCUT2D eigenvalue weighted by atomic mass is 16.6. The summed E-state index contributed by atoms with van der Waals surface area (Å²) in [6, 6.07) is 0. The van der Waals surface area contributed by atoms with E-state index < -0.39 is 0 Å². The Hall–Kier alpha value is -1.71. The van der Waals surface area contributed by atoms with Crippen LogP contribution in [0.3, 0.4) is 0 Å². The molecule has 0 saturated carbocycles. The number of nitrogens with zero attached hydrogens (tertiary/aromatic N) is 1. The molecule has 1 radical (unpaired) electrons. The van der Waals surface area contributed by atoms with Crippen molar-refractivity contribution in [2.45, 2.75) is 84.0 Å². The molecule has 0 spiro atoms. The molecule has 0 aromatic rings. The summed E-state index contributed by atoms with van der Waals surface area (Å²) in [4.78, 5) is 20.6. The van der Waals surface area contributed by atoms with Crippen molar-refractivity contribution in [3.05, 3.63) is 46.2 Å². The molecule has 0 N–H and O–H groups in total. The maximum atomic E-state index is 10.9. The van der Waals surface area contributed by atoms with E-state index in [0.29, 0.717) is 25.7 Å². The number of allylic oxidation sites excluding steroid dienone is 5. The Balaban J connectivity index is 3.78. The summed E-state index contributed by atoms with van der Waals surface area (Å²) in [5, 5.41) is 10.9. The molecule has 0 aliphatic rings. The van der Waals surface area contributed by atoms with Crippen molar-refractivity contribution in [3.63, 3.8) is 0 Å². The lowest BCUT2D eigenvalue weighted by atomic mass is 10.1. The molecule has 0 aromatic heterocycles. The van der Waals surface area contributed by atoms with E-state index >= 15 is 0 Å². The number of unbranched alkanes of at least 4 members (excludes halogenated alkanes) is 8. The average Bonchev–Trinajstić information content (AvgIpc) is 2.57. The van der Waals surface area contributed by atoms with E-state index in [2.05, 4.69) is 19.1 Å². The fourth-order valence-electron chi connectivity index (χ4n) is 2.31. The Bertz CT molecular complexity index is 411. The van der Waals surface area contributed by atoms with Gasteiger partial charge < -0.3 is 0 Å². The number of hydrogen-bond donors (Lipinski definition) is 0. The maximum absolute atomic E-state index is 10.9. The van der Waals surface area contributed by atoms with Crippen molar-refractivity contribution < 1.29 is 9.72 Å². The van der Waals surface area contributed by atoms with Gasteiger partial charge in [0.15, 0.2) is 6.29 Å². The molecule has 0 atom stereocenters. The maximum Gasteiger partial charge on any atom is 0.246 e. The van der Waals surface area contributed by atoms with Crippen LogP contribution in [0.15, 0.2) is 36.1 Å². The van der Waals surface area contributed by atoms with E-state index in [0.717, 1.165) is 12.8 Å². The molecule has 0 bridgehead atoms. The van der Waals surface area contributed by atoms with Gasteiger partial charge in [0.25, 0.3) is 0 Å². The fraction of sp³-hybridized carbons (Fsp3) is 0.650. The highest BCUT2D eigenvalue weighted by Crippen LogP contribution is 2.09. The highest BCUT2D eigenvalue weighted by molar-refractivity contribution is 5.50. The third-order valence-electron chi connectivity index (χ3n) is 3.75. The smallest absolute Gasteiger partial charge is 0.246 e. The largest absolute Gasteiger partial charge is 0.291 e. The molecule has 0 amide bonds. The second kappa shape index (κ2) is 17.6. The van der Waals surface area contributed by atoms with E-state index in [-0.39, 0.29) is 10.6 Å². The summed E-state index contributed by atoms with van der Waals surface area (Å²) in [7, 11) is 0. The van der Waals surface area contributed by atoms with Crippen molar-refractivity contribution in [2.75, 3.05) is 0 Å². The Labute approximate surface area is 146 Å². The predicted molar refractivity (Wildman–Crippen MR) is 100 cm³/mol. The average molecular weight is 334 g/mol. The van der Waals surface area contributed by atoms with Crippen LogP contribution < -0.4 is 0 Å². The molecule has 0 aliphatic carbocycles. The molecule has 0 aliphatic heterocycles. The van der Waals surface area contributed by atoms with Crippen LogP contribution in [0.5, 0.6) is 0 Å². The summed E-state index contributed by atoms with van der Waals surface area (Å²) < 4.78 is 0. The predicted octanol–water partition coefficient (Wildman–Crippen LogP) is 6.07. The zero-order valence-electron chi connectivity index (χ0n) is 15.0. The van der Waals surface area contributed by atoms with Crippen LogP contribution in [-0.4, -0.2) is 11.2 Å². The lowest BCUT2D eigenvalue weighted by molar-refractivity contribution is -0.427. The molecule has 0 fully saturated rings. The van der Waals surface area contributed by atoms with Gasteiger partial charge in [0, 0.05) is 6.42 Å². The Morgan fingerprint density at radius 1 is 0.958 bits per heavy atom. The van der Waals surface area contributed by atoms with Crippen LogP contribution in [0.1, 0.15) is 84.0 Å². The summed E-state index contributed by atoms with van der Waals surface area (Å²) in [5.74, 6) is 0. The summed E-state index contributed by atoms with van der Waals surface area (Å²) >= 11 is 0. The molecule has 0 unspecified atom stereocenters. The van der Waals surface area contributed by atoms with Gasteiger partial charge in [0.1, 0.15) is 0 Å². The SMILES string of the molecule is CCCCCCCC/C=C/C/C=C/C/C(=C/CCC[C]=O)[N+](=O)[O-]. The molecule has 24 heavy (non-hydrogen) atoms. The Morgan fingerprint density at radius 3 is 2.38 bits per heavy atom. The van der Waals surface area contributed by atoms with Gasteiger partial charge in [0.05, 0.1) is 11.3 Å². The van der Waals surface area contributed by atoms with Crippen molar-refractivity contribution in [1.82, 2.24) is 0 Å². The monoisotopic (exact) mass is 334 g/mol. The molecule has 0 rings (SSSR count). The van der Waals surface area contributed by atoms with Gasteiger partial charge in [-0.25, -0.2) is 0 Å². The summed E-state index contributed by atoms with van der Waals surface area (Å²) in [6.07, 6.45) is 23.2. The van der Waals surface area contributed by atoms with Gasteiger partial charge in [-0.05, 0) is 38.2 Å². The fourth-order valence-corrected chi connectivity index (χ4v) is 2.31. The summed E-state index contributed by atoms with van der Waals surface area (Å²) in [6.45, 7) is 2.23. The van der Waals surface area contributed by atoms with Gasteiger partial charge in [-0.2, -0.15) is 0 Å². The molecule has 0 heterocycles. The molecule has 4 nitrogen and oxygen atoms in total. The number of hydrogen-bond acceptors (Lipinski definition) is 3. The van der Waals surface area contributed by atoms with E-state index in [1.807, 2.05) is 12.2 Å². The van der Waals surface area contributed by atoms with E-state index in [1.54, 1.807) is 12.4 Å². The minimum absolute atomic E-state index is 0.202. The van der Waals surface area contributed by atoms with Gasteiger partial charge in [-0.1, -0.05) is 63.3 Å². The first-order valence-corrected chi connectivity index (χ1v) is 9.20. The van der Waals surface area contributed by atoms with Crippen LogP contribution in [0.25, 0.3) is 0 Å². The van der Waals surface area contributed by atoms with Crippen LogP contribution in [0.2, 0.25) is 0 Å². The van der Waals surface area contributed by atoms with Crippen LogP contribution in [-0.2, 0) is 4.79 Å². The van der Waals surface area contributed by atoms with Crippen LogP contribution in [0, 0.1) is 10.1 Å². The first kappa shape index (κ1) is 22.3. The highest BCUT2D eigenvalue weighted by Gasteiger charge is 2.06. The zero-order chi connectivity index (χ0) is 17.9. The second-order valence-electron chi connectivity index (χ2n) is 5.93. The number of nitro groups is 1. The van der Waals surface area contributed by atoms with Gasteiger partial charge >= 0.3 is 0 Å². The number of carbonyl (C=O) groups excluding carboxylic acids is 1. The third-order valence-corrected chi connectivity index (χ3v) is 3.75. The molecular formula is C20H32NO3. The van der Waals surface area contributed by atoms with Crippen molar-refractivity contribution in [1.29, 1.82) is 0 Å². The Morgan fingerprint density at radius 2 is 1.67 bits per heavy atom. The molecular weight excluding hydrogens is 302 g/mol. The van der Waals surface area contributed by atoms with Crippen molar-refractivity contribution in [2.24, 2.45) is 0 Å². The third kappa shape index (κ3) is 15.2. The number of rotatable bonds is 16. The Kier molecular flexibility index (Phi) is 16.4. The molecule has 135 valence electrons. The van der Waals surface area contributed by atoms with Crippen LogP contribution in [0.4, 0.5) is 0 Å². The first-order chi connectivity index (χ1) is 11.7. The lowest BCUT2D eigenvalue weighted by Gasteiger charge is -1.97. The normalized spacial score (nSPS) is 12.3. The standard InChI is InChI=1S/C20H32NO3/c1-2-3-4-5-6-7-8-9-10-11-12-14-17-20(21(23)24)18-15-13-16-19-22/h9-10,12,14,18H,2-8,11,13,15-17H2,1H3/b10-9+,14-12+,20-18-. The van der Waals surface area contributed by atoms with Crippen LogP contribution >= 0.6 is 0 Å². The molecule has 0 saturated heterocycles. The van der Waals surface area contributed by atoms with Crippen molar-refractivity contribution in [3.8, 4) is 0 Å². The van der Waals surface area contributed by atoms with Gasteiger partial charge in [0.2, 0.25) is 5.70 Å². The van der Waals surface area contributed by atoms with E-state index in [4.69, 9.17) is 0 Å². The minimum Gasteiger partial charge on any atom is -0.291 e.